The molecule has 0 amide bonds. The number of nitrogens with one attached hydrogen (secondary N) is 1. The van der Waals surface area contributed by atoms with Crippen molar-refractivity contribution < 1.29 is 0 Å². The molecule has 0 saturated carbocycles. The fourth-order valence-electron chi connectivity index (χ4n) is 1.36. The van der Waals surface area contributed by atoms with Gasteiger partial charge in [-0.15, -0.1) is 19.0 Å². The molecule has 1 saturated heterocycles. The molecule has 10 heavy (non-hydrogen) atoms. The third-order valence-electron chi connectivity index (χ3n) is 1.94. The van der Waals surface area contributed by atoms with Crippen LogP contribution in [0, 0.1) is 0 Å². The molecule has 0 unspecified atom stereocenters. The van der Waals surface area contributed by atoms with Gasteiger partial charge in [0, 0.05) is 12.1 Å². The molecule has 1 nitrogen and oxygen atoms in total. The van der Waals surface area contributed by atoms with Crippen molar-refractivity contribution >= 4 is 12.4 Å². The topological polar surface area (TPSA) is 12.0 Å². The number of halogens is 1. The minimum Gasteiger partial charge on any atom is -0.308 e. The van der Waals surface area contributed by atoms with Gasteiger partial charge in [0.2, 0.25) is 0 Å². The summed E-state index contributed by atoms with van der Waals surface area (Å²) in [4.78, 5) is 0. The van der Waals surface area contributed by atoms with E-state index in [2.05, 4.69) is 18.8 Å². The van der Waals surface area contributed by atoms with E-state index < -0.39 is 0 Å². The van der Waals surface area contributed by atoms with Crippen LogP contribution in [-0.4, -0.2) is 12.1 Å². The molecule has 0 radical (unpaired) electrons. The van der Waals surface area contributed by atoms with Gasteiger partial charge in [-0.05, 0) is 19.8 Å². The summed E-state index contributed by atoms with van der Waals surface area (Å²) in [7, 11) is 0. The highest BCUT2D eigenvalue weighted by atomic mass is 35.5. The van der Waals surface area contributed by atoms with Gasteiger partial charge in [-0.25, -0.2) is 0 Å². The van der Waals surface area contributed by atoms with Crippen molar-refractivity contribution in [3.63, 3.8) is 0 Å². The second-order valence-corrected chi connectivity index (χ2v) is 2.84. The number of rotatable bonds is 1. The highest BCUT2D eigenvalue weighted by Gasteiger charge is 2.13. The summed E-state index contributed by atoms with van der Waals surface area (Å²) >= 11 is 0. The molecule has 0 aliphatic carbocycles. The molecular formula is C8H16ClN. The fourth-order valence-corrected chi connectivity index (χ4v) is 1.36. The van der Waals surface area contributed by atoms with Gasteiger partial charge in [-0.3, -0.25) is 0 Å². The van der Waals surface area contributed by atoms with Crippen LogP contribution in [0.5, 0.6) is 0 Å². The van der Waals surface area contributed by atoms with Crippen LogP contribution in [0.2, 0.25) is 0 Å². The largest absolute Gasteiger partial charge is 0.308 e. The van der Waals surface area contributed by atoms with Crippen LogP contribution >= 0.6 is 12.4 Å². The van der Waals surface area contributed by atoms with Crippen LogP contribution in [0.3, 0.4) is 0 Å². The molecular weight excluding hydrogens is 146 g/mol. The van der Waals surface area contributed by atoms with Gasteiger partial charge in [0.1, 0.15) is 0 Å². The van der Waals surface area contributed by atoms with Gasteiger partial charge in [0.15, 0.2) is 0 Å². The smallest absolute Gasteiger partial charge is 0.0249 e. The molecule has 1 heterocycles. The Morgan fingerprint density at radius 2 is 2.20 bits per heavy atom. The molecule has 1 N–H and O–H groups in total. The van der Waals surface area contributed by atoms with Crippen molar-refractivity contribution in [3.05, 3.63) is 12.7 Å². The van der Waals surface area contributed by atoms with Gasteiger partial charge in [0.25, 0.3) is 0 Å². The summed E-state index contributed by atoms with van der Waals surface area (Å²) in [5.41, 5.74) is 0. The molecule has 0 spiro atoms. The molecule has 2 heteroatoms. The van der Waals surface area contributed by atoms with Crippen LogP contribution in [0.15, 0.2) is 12.7 Å². The summed E-state index contributed by atoms with van der Waals surface area (Å²) in [6.07, 6.45) is 5.96. The summed E-state index contributed by atoms with van der Waals surface area (Å²) in [6.45, 7) is 5.99. The van der Waals surface area contributed by atoms with Crippen molar-refractivity contribution in [1.29, 1.82) is 0 Å². The monoisotopic (exact) mass is 161 g/mol. The third kappa shape index (κ3) is 2.72. The highest BCUT2D eigenvalue weighted by molar-refractivity contribution is 5.85. The molecule has 1 rings (SSSR count). The summed E-state index contributed by atoms with van der Waals surface area (Å²) in [5, 5.41) is 3.45. The van der Waals surface area contributed by atoms with E-state index >= 15 is 0 Å². The van der Waals surface area contributed by atoms with E-state index in [0.29, 0.717) is 12.1 Å². The van der Waals surface area contributed by atoms with E-state index in [4.69, 9.17) is 0 Å². The van der Waals surface area contributed by atoms with Crippen molar-refractivity contribution in [2.24, 2.45) is 0 Å². The predicted octanol–water partition coefficient (Wildman–Crippen LogP) is 2.12. The number of piperidine rings is 1. The zero-order chi connectivity index (χ0) is 6.69. The maximum absolute atomic E-state index is 3.76. The second kappa shape index (κ2) is 4.75. The molecule has 2 atom stereocenters. The summed E-state index contributed by atoms with van der Waals surface area (Å²) in [6, 6.07) is 1.27. The molecule has 0 aromatic heterocycles. The lowest BCUT2D eigenvalue weighted by molar-refractivity contribution is 0.375. The van der Waals surface area contributed by atoms with Crippen LogP contribution < -0.4 is 5.32 Å². The Hall–Kier alpha value is -0.0100. The van der Waals surface area contributed by atoms with E-state index in [1.54, 1.807) is 0 Å². The molecule has 0 aromatic carbocycles. The minimum absolute atomic E-state index is 0. The van der Waals surface area contributed by atoms with E-state index in [0.717, 1.165) is 0 Å². The Labute approximate surface area is 69.3 Å². The summed E-state index contributed by atoms with van der Waals surface area (Å²) < 4.78 is 0. The lowest BCUT2D eigenvalue weighted by atomic mass is 10.00. The first-order chi connectivity index (χ1) is 4.33. The Bertz CT molecular complexity index is 103. The first-order valence-electron chi connectivity index (χ1n) is 3.71. The maximum Gasteiger partial charge on any atom is 0.0249 e. The van der Waals surface area contributed by atoms with Crippen LogP contribution in [0.25, 0.3) is 0 Å². The third-order valence-corrected chi connectivity index (χ3v) is 1.94. The zero-order valence-electron chi connectivity index (χ0n) is 6.47. The van der Waals surface area contributed by atoms with Gasteiger partial charge in [-0.1, -0.05) is 12.5 Å². The molecule has 1 fully saturated rings. The molecule has 1 aliphatic heterocycles. The second-order valence-electron chi connectivity index (χ2n) is 2.84. The number of hydrogen-bond donors (Lipinski definition) is 1. The Kier molecular flexibility index (Phi) is 4.75. The van der Waals surface area contributed by atoms with E-state index in [9.17, 15) is 0 Å². The van der Waals surface area contributed by atoms with E-state index in [-0.39, 0.29) is 12.4 Å². The average molecular weight is 162 g/mol. The maximum atomic E-state index is 3.76. The van der Waals surface area contributed by atoms with Crippen LogP contribution in [0.4, 0.5) is 0 Å². The molecule has 1 aliphatic rings. The minimum atomic E-state index is 0. The normalized spacial score (nSPS) is 32.5. The van der Waals surface area contributed by atoms with Crippen molar-refractivity contribution in [2.45, 2.75) is 38.3 Å². The fraction of sp³-hybridized carbons (Fsp3) is 0.750. The van der Waals surface area contributed by atoms with Gasteiger partial charge >= 0.3 is 0 Å². The van der Waals surface area contributed by atoms with Gasteiger partial charge in [0.05, 0.1) is 0 Å². The zero-order valence-corrected chi connectivity index (χ0v) is 7.29. The van der Waals surface area contributed by atoms with E-state index in [1.807, 2.05) is 6.08 Å². The lowest BCUT2D eigenvalue weighted by Crippen LogP contribution is -2.38. The van der Waals surface area contributed by atoms with E-state index in [1.165, 1.54) is 19.3 Å². The van der Waals surface area contributed by atoms with Crippen LogP contribution in [0.1, 0.15) is 26.2 Å². The standard InChI is InChI=1S/C8H15N.ClH/c1-3-8-6-4-5-7(2)9-8;/h3,7-9H,1,4-6H2,2H3;1H/t7-,8+;/m0./s1. The lowest BCUT2D eigenvalue weighted by Gasteiger charge is -2.26. The first-order valence-corrected chi connectivity index (χ1v) is 3.71. The first kappa shape index (κ1) is 9.99. The summed E-state index contributed by atoms with van der Waals surface area (Å²) in [5.74, 6) is 0. The molecule has 0 aromatic rings. The Morgan fingerprint density at radius 3 is 2.60 bits per heavy atom. The van der Waals surface area contributed by atoms with Gasteiger partial charge < -0.3 is 5.32 Å². The Morgan fingerprint density at radius 1 is 1.50 bits per heavy atom. The number of hydrogen-bond acceptors (Lipinski definition) is 1. The van der Waals surface area contributed by atoms with Crippen molar-refractivity contribution in [3.8, 4) is 0 Å². The predicted molar refractivity (Wildman–Crippen MR) is 47.7 cm³/mol. The quantitative estimate of drug-likeness (QED) is 0.581. The Balaban J connectivity index is 0.000000810. The average Bonchev–Trinajstić information content (AvgIpc) is 1.88. The molecule has 60 valence electrons. The van der Waals surface area contributed by atoms with Crippen LogP contribution in [-0.2, 0) is 0 Å². The molecule has 0 bridgehead atoms. The highest BCUT2D eigenvalue weighted by Crippen LogP contribution is 2.11. The van der Waals surface area contributed by atoms with Crippen molar-refractivity contribution in [1.82, 2.24) is 5.32 Å². The van der Waals surface area contributed by atoms with Gasteiger partial charge in [-0.2, -0.15) is 0 Å². The van der Waals surface area contributed by atoms with Crippen molar-refractivity contribution in [2.75, 3.05) is 0 Å². The SMILES string of the molecule is C=C[C@@H]1CCC[C@H](C)N1.Cl.